The summed E-state index contributed by atoms with van der Waals surface area (Å²) in [5.41, 5.74) is 0.264. The average Bonchev–Trinajstić information content (AvgIpc) is 2.35. The van der Waals surface area contributed by atoms with E-state index in [4.69, 9.17) is 14.2 Å². The molecule has 0 aliphatic heterocycles. The predicted octanol–water partition coefficient (Wildman–Crippen LogP) is 1.28. The Balaban J connectivity index is 3.33. The molecule has 1 unspecified atom stereocenters. The van der Waals surface area contributed by atoms with Gasteiger partial charge in [0.2, 0.25) is 0 Å². The number of Topliss-reactive ketones (excluding diaryl/α,β-unsaturated/α-hetero) is 1. The van der Waals surface area contributed by atoms with E-state index in [0.717, 1.165) is 0 Å². The van der Waals surface area contributed by atoms with Crippen LogP contribution in [0.1, 0.15) is 17.3 Å². The summed E-state index contributed by atoms with van der Waals surface area (Å²) in [6.45, 7) is 1.40. The average molecular weight is 240 g/mol. The normalized spacial score (nSPS) is 11.8. The monoisotopic (exact) mass is 240 g/mol. The zero-order chi connectivity index (χ0) is 13.0. The summed E-state index contributed by atoms with van der Waals surface area (Å²) in [5, 5.41) is 9.31. The third-order valence-corrected chi connectivity index (χ3v) is 2.35. The summed E-state index contributed by atoms with van der Waals surface area (Å²) in [6.07, 6.45) is -1.10. The van der Waals surface area contributed by atoms with Crippen LogP contribution in [0.3, 0.4) is 0 Å². The minimum absolute atomic E-state index is 0.264. The van der Waals surface area contributed by atoms with E-state index in [-0.39, 0.29) is 5.56 Å². The van der Waals surface area contributed by atoms with E-state index in [1.165, 1.54) is 34.3 Å². The molecule has 1 atom stereocenters. The molecule has 0 bridgehead atoms. The highest BCUT2D eigenvalue weighted by atomic mass is 16.5. The van der Waals surface area contributed by atoms with E-state index >= 15 is 0 Å². The largest absolute Gasteiger partial charge is 0.496 e. The standard InChI is InChI=1S/C12H16O5/c1-7(13)12(14)8-5-10(16-3)11(17-4)6-9(8)15-2/h5-7,13H,1-4H3. The molecule has 0 radical (unpaired) electrons. The fraction of sp³-hybridized carbons (Fsp3) is 0.417. The number of methoxy groups -OCH3 is 3. The maximum atomic E-state index is 11.8. The first-order chi connectivity index (χ1) is 8.04. The molecule has 0 amide bonds. The number of ether oxygens (including phenoxy) is 3. The van der Waals surface area contributed by atoms with Crippen LogP contribution in [0.15, 0.2) is 12.1 Å². The molecule has 5 nitrogen and oxygen atoms in total. The zero-order valence-corrected chi connectivity index (χ0v) is 10.3. The van der Waals surface area contributed by atoms with Gasteiger partial charge in [0.25, 0.3) is 0 Å². The van der Waals surface area contributed by atoms with Crippen molar-refractivity contribution < 1.29 is 24.1 Å². The van der Waals surface area contributed by atoms with Crippen LogP contribution < -0.4 is 14.2 Å². The van der Waals surface area contributed by atoms with Crippen LogP contribution in [-0.4, -0.2) is 38.3 Å². The Labute approximate surface area is 99.9 Å². The Kier molecular flexibility index (Phi) is 4.34. The predicted molar refractivity (Wildman–Crippen MR) is 62.1 cm³/mol. The Morgan fingerprint density at radius 3 is 1.94 bits per heavy atom. The summed E-state index contributed by atoms with van der Waals surface area (Å²) in [6, 6.07) is 3.04. The van der Waals surface area contributed by atoms with Crippen molar-refractivity contribution in [2.75, 3.05) is 21.3 Å². The summed E-state index contributed by atoms with van der Waals surface area (Å²) in [4.78, 5) is 11.8. The van der Waals surface area contributed by atoms with Gasteiger partial charge in [0, 0.05) is 6.07 Å². The molecule has 1 aromatic carbocycles. The number of rotatable bonds is 5. The van der Waals surface area contributed by atoms with Crippen molar-refractivity contribution in [3.63, 3.8) is 0 Å². The highest BCUT2D eigenvalue weighted by Crippen LogP contribution is 2.35. The SMILES string of the molecule is COc1cc(OC)c(C(=O)C(C)O)cc1OC. The molecule has 0 saturated heterocycles. The first kappa shape index (κ1) is 13.3. The minimum atomic E-state index is -1.10. The summed E-state index contributed by atoms with van der Waals surface area (Å²) in [7, 11) is 4.41. The summed E-state index contributed by atoms with van der Waals surface area (Å²) < 4.78 is 15.3. The maximum absolute atomic E-state index is 11.8. The fourth-order valence-electron chi connectivity index (χ4n) is 1.45. The van der Waals surface area contributed by atoms with E-state index in [0.29, 0.717) is 17.2 Å². The molecule has 0 aliphatic carbocycles. The Hall–Kier alpha value is -1.75. The molecule has 0 spiro atoms. The molecule has 5 heteroatoms. The van der Waals surface area contributed by atoms with E-state index < -0.39 is 11.9 Å². The van der Waals surface area contributed by atoms with Crippen LogP contribution in [0.2, 0.25) is 0 Å². The van der Waals surface area contributed by atoms with Crippen molar-refractivity contribution in [2.24, 2.45) is 0 Å². The molecular weight excluding hydrogens is 224 g/mol. The van der Waals surface area contributed by atoms with Gasteiger partial charge in [-0.2, -0.15) is 0 Å². The Morgan fingerprint density at radius 2 is 1.53 bits per heavy atom. The second-order valence-corrected chi connectivity index (χ2v) is 3.45. The molecule has 0 aliphatic rings. The smallest absolute Gasteiger partial charge is 0.194 e. The van der Waals surface area contributed by atoms with Crippen molar-refractivity contribution in [1.29, 1.82) is 0 Å². The van der Waals surface area contributed by atoms with Crippen LogP contribution in [0.25, 0.3) is 0 Å². The van der Waals surface area contributed by atoms with Crippen molar-refractivity contribution in [1.82, 2.24) is 0 Å². The quantitative estimate of drug-likeness (QED) is 0.785. The topological polar surface area (TPSA) is 65.0 Å². The van der Waals surface area contributed by atoms with Crippen molar-refractivity contribution in [3.05, 3.63) is 17.7 Å². The van der Waals surface area contributed by atoms with Gasteiger partial charge in [-0.05, 0) is 13.0 Å². The number of carbonyl (C=O) groups excluding carboxylic acids is 1. The lowest BCUT2D eigenvalue weighted by Gasteiger charge is -2.14. The van der Waals surface area contributed by atoms with E-state index in [2.05, 4.69) is 0 Å². The van der Waals surface area contributed by atoms with Crippen molar-refractivity contribution in [2.45, 2.75) is 13.0 Å². The van der Waals surface area contributed by atoms with E-state index in [1.54, 1.807) is 6.07 Å². The molecule has 0 heterocycles. The van der Waals surface area contributed by atoms with Crippen molar-refractivity contribution in [3.8, 4) is 17.2 Å². The summed E-state index contributed by atoms with van der Waals surface area (Å²) >= 11 is 0. The molecule has 94 valence electrons. The van der Waals surface area contributed by atoms with Crippen LogP contribution >= 0.6 is 0 Å². The number of benzene rings is 1. The van der Waals surface area contributed by atoms with Gasteiger partial charge >= 0.3 is 0 Å². The van der Waals surface area contributed by atoms with Gasteiger partial charge in [-0.3, -0.25) is 4.79 Å². The first-order valence-corrected chi connectivity index (χ1v) is 5.07. The van der Waals surface area contributed by atoms with Crippen LogP contribution in [0, 0.1) is 0 Å². The van der Waals surface area contributed by atoms with Gasteiger partial charge in [-0.25, -0.2) is 0 Å². The lowest BCUT2D eigenvalue weighted by molar-refractivity contribution is 0.0776. The van der Waals surface area contributed by atoms with Gasteiger partial charge in [0.15, 0.2) is 17.3 Å². The highest BCUT2D eigenvalue weighted by molar-refractivity contribution is 6.02. The second kappa shape index (κ2) is 5.54. The number of aliphatic hydroxyl groups is 1. The van der Waals surface area contributed by atoms with Gasteiger partial charge in [0.1, 0.15) is 11.9 Å². The zero-order valence-electron chi connectivity index (χ0n) is 10.3. The van der Waals surface area contributed by atoms with E-state index in [1.807, 2.05) is 0 Å². The lowest BCUT2D eigenvalue weighted by atomic mass is 10.1. The molecule has 17 heavy (non-hydrogen) atoms. The minimum Gasteiger partial charge on any atom is -0.496 e. The number of hydrogen-bond donors (Lipinski definition) is 1. The van der Waals surface area contributed by atoms with Crippen LogP contribution in [-0.2, 0) is 0 Å². The number of ketones is 1. The fourth-order valence-corrected chi connectivity index (χ4v) is 1.45. The number of hydrogen-bond acceptors (Lipinski definition) is 5. The molecule has 0 fully saturated rings. The third kappa shape index (κ3) is 2.68. The Bertz CT molecular complexity index is 412. The number of carbonyl (C=O) groups is 1. The second-order valence-electron chi connectivity index (χ2n) is 3.45. The third-order valence-electron chi connectivity index (χ3n) is 2.35. The highest BCUT2D eigenvalue weighted by Gasteiger charge is 2.20. The van der Waals surface area contributed by atoms with E-state index in [9.17, 15) is 9.90 Å². The van der Waals surface area contributed by atoms with Gasteiger partial charge in [-0.1, -0.05) is 0 Å². The molecule has 0 aromatic heterocycles. The van der Waals surface area contributed by atoms with Crippen LogP contribution in [0.4, 0.5) is 0 Å². The van der Waals surface area contributed by atoms with Crippen molar-refractivity contribution >= 4 is 5.78 Å². The molecular formula is C12H16O5. The first-order valence-electron chi connectivity index (χ1n) is 5.07. The maximum Gasteiger partial charge on any atom is 0.194 e. The molecule has 0 saturated carbocycles. The number of aliphatic hydroxyl groups excluding tert-OH is 1. The Morgan fingerprint density at radius 1 is 1.06 bits per heavy atom. The van der Waals surface area contributed by atoms with Gasteiger partial charge in [0.05, 0.1) is 26.9 Å². The van der Waals surface area contributed by atoms with Gasteiger partial charge in [-0.15, -0.1) is 0 Å². The molecule has 1 N–H and O–H groups in total. The lowest BCUT2D eigenvalue weighted by Crippen LogP contribution is -2.17. The summed E-state index contributed by atoms with van der Waals surface area (Å²) in [5.74, 6) is 0.792. The van der Waals surface area contributed by atoms with Gasteiger partial charge < -0.3 is 19.3 Å². The van der Waals surface area contributed by atoms with Crippen LogP contribution in [0.5, 0.6) is 17.2 Å². The molecule has 1 rings (SSSR count). The molecule has 1 aromatic rings.